The first-order valence-electron chi connectivity index (χ1n) is 8.59. The third-order valence-electron chi connectivity index (χ3n) is 4.19. The number of nitrogens with zero attached hydrogens (tertiary/aromatic N) is 1. The summed E-state index contributed by atoms with van der Waals surface area (Å²) in [5.41, 5.74) is 0.803. The fourth-order valence-electron chi connectivity index (χ4n) is 2.72. The molecule has 1 saturated carbocycles. The second kappa shape index (κ2) is 10.1. The van der Waals surface area contributed by atoms with Gasteiger partial charge in [-0.25, -0.2) is 0 Å². The van der Waals surface area contributed by atoms with Crippen LogP contribution in [0.2, 0.25) is 0 Å². The van der Waals surface area contributed by atoms with Crippen molar-refractivity contribution >= 4 is 12.0 Å². The van der Waals surface area contributed by atoms with Gasteiger partial charge < -0.3 is 19.5 Å². The molecule has 0 spiro atoms. The highest BCUT2D eigenvalue weighted by Gasteiger charge is 2.28. The molecular weight excluding hydrogens is 320 g/mol. The molecule has 0 aromatic heterocycles. The Labute approximate surface area is 149 Å². The van der Waals surface area contributed by atoms with Crippen molar-refractivity contribution in [1.29, 1.82) is 0 Å². The SMILES string of the molecule is COCCN(CCNC(=O)/C=C\c1cccc(OC)c1OC)C1CC1. The van der Waals surface area contributed by atoms with Crippen LogP contribution in [0.3, 0.4) is 0 Å². The predicted molar refractivity (Wildman–Crippen MR) is 98.1 cm³/mol. The Kier molecular flexibility index (Phi) is 7.76. The first kappa shape index (κ1) is 19.3. The van der Waals surface area contributed by atoms with Crippen LogP contribution in [0.1, 0.15) is 18.4 Å². The van der Waals surface area contributed by atoms with Gasteiger partial charge in [0.2, 0.25) is 5.91 Å². The maximum Gasteiger partial charge on any atom is 0.244 e. The van der Waals surface area contributed by atoms with Crippen molar-refractivity contribution in [2.45, 2.75) is 18.9 Å². The zero-order valence-electron chi connectivity index (χ0n) is 15.3. The Morgan fingerprint density at radius 1 is 1.24 bits per heavy atom. The molecule has 0 unspecified atom stereocenters. The molecule has 1 aliphatic rings. The molecule has 1 aromatic carbocycles. The summed E-state index contributed by atoms with van der Waals surface area (Å²) in [6, 6.07) is 6.22. The van der Waals surface area contributed by atoms with Gasteiger partial charge in [0.15, 0.2) is 11.5 Å². The van der Waals surface area contributed by atoms with Gasteiger partial charge in [-0.15, -0.1) is 0 Å². The number of carbonyl (C=O) groups is 1. The van der Waals surface area contributed by atoms with E-state index in [9.17, 15) is 4.79 Å². The van der Waals surface area contributed by atoms with Crippen molar-refractivity contribution in [2.75, 3.05) is 47.6 Å². The molecule has 6 heteroatoms. The number of hydrogen-bond acceptors (Lipinski definition) is 5. The summed E-state index contributed by atoms with van der Waals surface area (Å²) in [6.07, 6.45) is 5.74. The summed E-state index contributed by atoms with van der Waals surface area (Å²) in [7, 11) is 4.89. The van der Waals surface area contributed by atoms with E-state index in [1.54, 1.807) is 27.4 Å². The van der Waals surface area contributed by atoms with Crippen LogP contribution in [-0.4, -0.2) is 64.4 Å². The lowest BCUT2D eigenvalue weighted by Gasteiger charge is -2.21. The summed E-state index contributed by atoms with van der Waals surface area (Å²) < 4.78 is 15.8. The zero-order valence-corrected chi connectivity index (χ0v) is 15.3. The number of hydrogen-bond donors (Lipinski definition) is 1. The van der Waals surface area contributed by atoms with Crippen molar-refractivity contribution in [3.8, 4) is 11.5 Å². The number of amides is 1. The zero-order chi connectivity index (χ0) is 18.1. The first-order valence-corrected chi connectivity index (χ1v) is 8.59. The average molecular weight is 348 g/mol. The molecule has 0 bridgehead atoms. The maximum atomic E-state index is 12.0. The van der Waals surface area contributed by atoms with Gasteiger partial charge in [0.25, 0.3) is 0 Å². The van der Waals surface area contributed by atoms with Crippen LogP contribution >= 0.6 is 0 Å². The van der Waals surface area contributed by atoms with E-state index in [4.69, 9.17) is 14.2 Å². The fraction of sp³-hybridized carbons (Fsp3) is 0.526. The van der Waals surface area contributed by atoms with Crippen LogP contribution in [0.15, 0.2) is 24.3 Å². The normalized spacial score (nSPS) is 14.1. The lowest BCUT2D eigenvalue weighted by atomic mass is 10.1. The summed E-state index contributed by atoms with van der Waals surface area (Å²) in [5, 5.41) is 2.93. The Balaban J connectivity index is 1.82. The number of rotatable bonds is 11. The number of carbonyl (C=O) groups excluding carboxylic acids is 1. The molecule has 1 N–H and O–H groups in total. The molecule has 6 nitrogen and oxygen atoms in total. The van der Waals surface area contributed by atoms with E-state index in [2.05, 4.69) is 10.2 Å². The summed E-state index contributed by atoms with van der Waals surface area (Å²) in [4.78, 5) is 14.4. The number of ether oxygens (including phenoxy) is 3. The highest BCUT2D eigenvalue weighted by atomic mass is 16.5. The Morgan fingerprint density at radius 2 is 2.04 bits per heavy atom. The second-order valence-corrected chi connectivity index (χ2v) is 5.97. The summed E-state index contributed by atoms with van der Waals surface area (Å²) in [5.74, 6) is 1.14. The van der Waals surface area contributed by atoms with Crippen LogP contribution in [0.25, 0.3) is 6.08 Å². The number of nitrogens with one attached hydrogen (secondary N) is 1. The molecule has 0 heterocycles. The van der Waals surface area contributed by atoms with Gasteiger partial charge in [0.1, 0.15) is 0 Å². The van der Waals surface area contributed by atoms with Gasteiger partial charge in [-0.05, 0) is 25.0 Å². The molecule has 1 aromatic rings. The quantitative estimate of drug-likeness (QED) is 0.620. The van der Waals surface area contributed by atoms with E-state index in [1.807, 2.05) is 18.2 Å². The van der Waals surface area contributed by atoms with Crippen molar-refractivity contribution in [1.82, 2.24) is 10.2 Å². The smallest absolute Gasteiger partial charge is 0.244 e. The number of benzene rings is 1. The van der Waals surface area contributed by atoms with E-state index in [0.717, 1.165) is 25.3 Å². The van der Waals surface area contributed by atoms with Crippen LogP contribution in [0.4, 0.5) is 0 Å². The minimum Gasteiger partial charge on any atom is -0.493 e. The minimum atomic E-state index is -0.118. The summed E-state index contributed by atoms with van der Waals surface area (Å²) >= 11 is 0. The Bertz CT molecular complexity index is 585. The van der Waals surface area contributed by atoms with E-state index < -0.39 is 0 Å². The van der Waals surface area contributed by atoms with Crippen molar-refractivity contribution < 1.29 is 19.0 Å². The molecule has 1 amide bonds. The number of para-hydroxylation sites is 1. The average Bonchev–Trinajstić information content (AvgIpc) is 3.47. The molecule has 138 valence electrons. The molecule has 0 radical (unpaired) electrons. The second-order valence-electron chi connectivity index (χ2n) is 5.97. The molecule has 2 rings (SSSR count). The Morgan fingerprint density at radius 3 is 2.68 bits per heavy atom. The molecule has 0 atom stereocenters. The van der Waals surface area contributed by atoms with E-state index in [0.29, 0.717) is 24.1 Å². The van der Waals surface area contributed by atoms with Crippen LogP contribution in [0, 0.1) is 0 Å². The lowest BCUT2D eigenvalue weighted by molar-refractivity contribution is -0.116. The monoisotopic (exact) mass is 348 g/mol. The van der Waals surface area contributed by atoms with E-state index in [1.165, 1.54) is 18.9 Å². The highest BCUT2D eigenvalue weighted by molar-refractivity contribution is 5.92. The van der Waals surface area contributed by atoms with Crippen molar-refractivity contribution in [3.05, 3.63) is 29.8 Å². The molecule has 0 saturated heterocycles. The first-order chi connectivity index (χ1) is 12.2. The van der Waals surface area contributed by atoms with Gasteiger partial charge in [-0.2, -0.15) is 0 Å². The molecule has 1 aliphatic carbocycles. The van der Waals surface area contributed by atoms with Crippen molar-refractivity contribution in [3.63, 3.8) is 0 Å². The third kappa shape index (κ3) is 6.07. The number of methoxy groups -OCH3 is 3. The van der Waals surface area contributed by atoms with Gasteiger partial charge in [-0.1, -0.05) is 12.1 Å². The molecular formula is C19H28N2O4. The minimum absolute atomic E-state index is 0.118. The van der Waals surface area contributed by atoms with Crippen LogP contribution < -0.4 is 14.8 Å². The lowest BCUT2D eigenvalue weighted by Crippen LogP contribution is -2.37. The van der Waals surface area contributed by atoms with Gasteiger partial charge in [-0.3, -0.25) is 9.69 Å². The van der Waals surface area contributed by atoms with E-state index >= 15 is 0 Å². The summed E-state index contributed by atoms with van der Waals surface area (Å²) in [6.45, 7) is 3.10. The molecule has 1 fully saturated rings. The predicted octanol–water partition coefficient (Wildman–Crippen LogP) is 1.94. The third-order valence-corrected chi connectivity index (χ3v) is 4.19. The van der Waals surface area contributed by atoms with Gasteiger partial charge in [0, 0.05) is 44.4 Å². The molecule has 0 aliphatic heterocycles. The fourth-order valence-corrected chi connectivity index (χ4v) is 2.72. The molecule has 25 heavy (non-hydrogen) atoms. The largest absolute Gasteiger partial charge is 0.493 e. The topological polar surface area (TPSA) is 60.0 Å². The maximum absolute atomic E-state index is 12.0. The van der Waals surface area contributed by atoms with Gasteiger partial charge >= 0.3 is 0 Å². The van der Waals surface area contributed by atoms with Crippen LogP contribution in [0.5, 0.6) is 11.5 Å². The van der Waals surface area contributed by atoms with E-state index in [-0.39, 0.29) is 5.91 Å². The van der Waals surface area contributed by atoms with Gasteiger partial charge in [0.05, 0.1) is 20.8 Å². The Hall–Kier alpha value is -2.05. The standard InChI is InChI=1S/C19H28N2O4/c1-23-14-13-21(16-8-9-16)12-11-20-18(22)10-7-15-5-4-6-17(24-2)19(15)25-3/h4-7,10,16H,8-9,11-14H2,1-3H3,(H,20,22)/b10-7-. The highest BCUT2D eigenvalue weighted by Crippen LogP contribution is 2.31. The van der Waals surface area contributed by atoms with Crippen LogP contribution in [-0.2, 0) is 9.53 Å². The van der Waals surface area contributed by atoms with Crippen molar-refractivity contribution in [2.24, 2.45) is 0 Å².